The van der Waals surface area contributed by atoms with Gasteiger partial charge in [0.25, 0.3) is 0 Å². The summed E-state index contributed by atoms with van der Waals surface area (Å²) < 4.78 is 25.7. The van der Waals surface area contributed by atoms with Crippen molar-refractivity contribution < 1.29 is 13.2 Å². The van der Waals surface area contributed by atoms with Gasteiger partial charge in [-0.25, -0.2) is 12.7 Å². The fraction of sp³-hybridized carbons (Fsp3) is 0.923. The van der Waals surface area contributed by atoms with E-state index >= 15 is 0 Å². The van der Waals surface area contributed by atoms with E-state index in [9.17, 15) is 13.2 Å². The predicted molar refractivity (Wildman–Crippen MR) is 78.4 cm³/mol. The molecule has 114 valence electrons. The van der Waals surface area contributed by atoms with Crippen molar-refractivity contribution >= 4 is 15.9 Å². The lowest BCUT2D eigenvalue weighted by Crippen LogP contribution is -2.41. The molecule has 0 aromatic rings. The van der Waals surface area contributed by atoms with Gasteiger partial charge in [-0.3, -0.25) is 4.79 Å². The van der Waals surface area contributed by atoms with Crippen LogP contribution in [0.3, 0.4) is 0 Å². The van der Waals surface area contributed by atoms with Crippen LogP contribution in [0.1, 0.15) is 47.5 Å². The van der Waals surface area contributed by atoms with E-state index in [0.717, 1.165) is 12.8 Å². The number of amides is 1. The van der Waals surface area contributed by atoms with E-state index in [0.29, 0.717) is 13.1 Å². The molecule has 19 heavy (non-hydrogen) atoms. The molecule has 0 aliphatic carbocycles. The highest BCUT2D eigenvalue weighted by molar-refractivity contribution is 7.89. The van der Waals surface area contributed by atoms with Gasteiger partial charge in [-0.1, -0.05) is 34.6 Å². The Morgan fingerprint density at radius 1 is 1.11 bits per heavy atom. The largest absolute Gasteiger partial charge is 0.355 e. The van der Waals surface area contributed by atoms with E-state index in [4.69, 9.17) is 0 Å². The summed E-state index contributed by atoms with van der Waals surface area (Å²) in [4.78, 5) is 11.7. The SMILES string of the molecule is CCCN(CCC)S(=O)(=O)CCNC(=O)C(C)(C)C. The summed E-state index contributed by atoms with van der Waals surface area (Å²) in [7, 11) is -3.27. The molecule has 1 N–H and O–H groups in total. The minimum absolute atomic E-state index is 0.0329. The maximum absolute atomic E-state index is 12.1. The maximum Gasteiger partial charge on any atom is 0.225 e. The third-order valence-electron chi connectivity index (χ3n) is 2.67. The Balaban J connectivity index is 4.40. The molecular formula is C13H28N2O3S. The molecule has 0 saturated carbocycles. The molecule has 0 rings (SSSR count). The summed E-state index contributed by atoms with van der Waals surface area (Å²) in [6, 6.07) is 0. The first-order valence-electron chi connectivity index (χ1n) is 6.91. The molecule has 0 aliphatic rings. The topological polar surface area (TPSA) is 66.5 Å². The third-order valence-corrected chi connectivity index (χ3v) is 4.54. The van der Waals surface area contributed by atoms with Crippen LogP contribution in [0.2, 0.25) is 0 Å². The molecular weight excluding hydrogens is 264 g/mol. The summed E-state index contributed by atoms with van der Waals surface area (Å²) in [5.41, 5.74) is -0.490. The number of hydrogen-bond acceptors (Lipinski definition) is 3. The standard InChI is InChI=1S/C13H28N2O3S/c1-6-9-15(10-7-2)19(17,18)11-8-14-12(16)13(3,4)5/h6-11H2,1-5H3,(H,14,16). The second-order valence-electron chi connectivity index (χ2n) is 5.72. The van der Waals surface area contributed by atoms with E-state index in [-0.39, 0.29) is 18.2 Å². The van der Waals surface area contributed by atoms with Crippen molar-refractivity contribution in [3.05, 3.63) is 0 Å². The summed E-state index contributed by atoms with van der Waals surface area (Å²) in [6.07, 6.45) is 1.60. The van der Waals surface area contributed by atoms with Crippen LogP contribution in [-0.2, 0) is 14.8 Å². The lowest BCUT2D eigenvalue weighted by Gasteiger charge is -2.22. The predicted octanol–water partition coefficient (Wildman–Crippen LogP) is 1.60. The van der Waals surface area contributed by atoms with Crippen LogP contribution in [-0.4, -0.2) is 44.0 Å². The van der Waals surface area contributed by atoms with Crippen molar-refractivity contribution in [2.75, 3.05) is 25.4 Å². The Morgan fingerprint density at radius 3 is 1.95 bits per heavy atom. The Morgan fingerprint density at radius 2 is 1.58 bits per heavy atom. The zero-order valence-electron chi connectivity index (χ0n) is 12.8. The Labute approximate surface area is 117 Å². The van der Waals surface area contributed by atoms with Gasteiger partial charge in [0.1, 0.15) is 0 Å². The van der Waals surface area contributed by atoms with Crippen LogP contribution in [0, 0.1) is 5.41 Å². The van der Waals surface area contributed by atoms with E-state index in [1.165, 1.54) is 4.31 Å². The van der Waals surface area contributed by atoms with Crippen molar-refractivity contribution in [1.29, 1.82) is 0 Å². The molecule has 0 unspecified atom stereocenters. The van der Waals surface area contributed by atoms with E-state index in [1.807, 2.05) is 13.8 Å². The average Bonchev–Trinajstić information content (AvgIpc) is 2.27. The molecule has 0 aromatic carbocycles. The zero-order chi connectivity index (χ0) is 15.1. The fourth-order valence-corrected chi connectivity index (χ4v) is 3.12. The molecule has 0 fully saturated rings. The highest BCUT2D eigenvalue weighted by atomic mass is 32.2. The molecule has 0 atom stereocenters. The summed E-state index contributed by atoms with van der Waals surface area (Å²) in [5.74, 6) is -0.158. The number of nitrogens with one attached hydrogen (secondary N) is 1. The number of carbonyl (C=O) groups is 1. The second kappa shape index (κ2) is 7.85. The first-order chi connectivity index (χ1) is 8.65. The zero-order valence-corrected chi connectivity index (χ0v) is 13.6. The third kappa shape index (κ3) is 6.92. The number of rotatable bonds is 8. The Hall–Kier alpha value is -0.620. The highest BCUT2D eigenvalue weighted by Gasteiger charge is 2.23. The summed E-state index contributed by atoms with van der Waals surface area (Å²) in [5, 5.41) is 2.67. The van der Waals surface area contributed by atoms with Gasteiger partial charge in [0.2, 0.25) is 15.9 Å². The van der Waals surface area contributed by atoms with Gasteiger partial charge in [-0.05, 0) is 12.8 Å². The molecule has 6 heteroatoms. The first kappa shape index (κ1) is 18.4. The monoisotopic (exact) mass is 292 g/mol. The smallest absolute Gasteiger partial charge is 0.225 e. The number of sulfonamides is 1. The van der Waals surface area contributed by atoms with E-state index in [1.54, 1.807) is 20.8 Å². The van der Waals surface area contributed by atoms with Gasteiger partial charge >= 0.3 is 0 Å². The minimum atomic E-state index is -3.27. The van der Waals surface area contributed by atoms with Gasteiger partial charge in [0.05, 0.1) is 5.75 Å². The number of hydrogen-bond donors (Lipinski definition) is 1. The Bertz CT molecular complexity index is 366. The molecule has 0 heterocycles. The maximum atomic E-state index is 12.1. The van der Waals surface area contributed by atoms with Gasteiger partial charge in [0.15, 0.2) is 0 Å². The lowest BCUT2D eigenvalue weighted by molar-refractivity contribution is -0.128. The summed E-state index contributed by atoms with van der Waals surface area (Å²) >= 11 is 0. The van der Waals surface area contributed by atoms with Crippen LogP contribution < -0.4 is 5.32 Å². The van der Waals surface area contributed by atoms with E-state index in [2.05, 4.69) is 5.32 Å². The molecule has 0 radical (unpaired) electrons. The lowest BCUT2D eigenvalue weighted by atomic mass is 9.96. The van der Waals surface area contributed by atoms with Crippen LogP contribution in [0.4, 0.5) is 0 Å². The van der Waals surface area contributed by atoms with Crippen molar-refractivity contribution in [3.63, 3.8) is 0 Å². The van der Waals surface area contributed by atoms with Crippen molar-refractivity contribution in [3.8, 4) is 0 Å². The van der Waals surface area contributed by atoms with Crippen molar-refractivity contribution in [2.24, 2.45) is 5.41 Å². The van der Waals surface area contributed by atoms with Crippen LogP contribution >= 0.6 is 0 Å². The summed E-state index contributed by atoms with van der Waals surface area (Å²) in [6.45, 7) is 10.6. The number of nitrogens with zero attached hydrogens (tertiary/aromatic N) is 1. The molecule has 0 aliphatic heterocycles. The average molecular weight is 292 g/mol. The van der Waals surface area contributed by atoms with Gasteiger partial charge < -0.3 is 5.32 Å². The molecule has 0 aromatic heterocycles. The first-order valence-corrected chi connectivity index (χ1v) is 8.52. The quantitative estimate of drug-likeness (QED) is 0.739. The molecule has 0 saturated heterocycles. The van der Waals surface area contributed by atoms with Crippen LogP contribution in [0.5, 0.6) is 0 Å². The normalized spacial score (nSPS) is 12.7. The van der Waals surface area contributed by atoms with Gasteiger partial charge in [-0.2, -0.15) is 0 Å². The highest BCUT2D eigenvalue weighted by Crippen LogP contribution is 2.12. The van der Waals surface area contributed by atoms with Gasteiger partial charge in [0, 0.05) is 25.0 Å². The fourth-order valence-electron chi connectivity index (χ4n) is 1.58. The van der Waals surface area contributed by atoms with Crippen molar-refractivity contribution in [1.82, 2.24) is 9.62 Å². The molecule has 5 nitrogen and oxygen atoms in total. The number of carbonyl (C=O) groups excluding carboxylic acids is 1. The minimum Gasteiger partial charge on any atom is -0.355 e. The van der Waals surface area contributed by atoms with Gasteiger partial charge in [-0.15, -0.1) is 0 Å². The second-order valence-corrected chi connectivity index (χ2v) is 7.81. The molecule has 0 spiro atoms. The van der Waals surface area contributed by atoms with E-state index < -0.39 is 15.4 Å². The van der Waals surface area contributed by atoms with Crippen LogP contribution in [0.25, 0.3) is 0 Å². The molecule has 1 amide bonds. The molecule has 0 bridgehead atoms. The Kier molecular flexibility index (Phi) is 7.59. The van der Waals surface area contributed by atoms with Crippen molar-refractivity contribution in [2.45, 2.75) is 47.5 Å². The van der Waals surface area contributed by atoms with Crippen LogP contribution in [0.15, 0.2) is 0 Å².